The number of H-pyrrole nitrogens is 1. The van der Waals surface area contributed by atoms with Crippen molar-refractivity contribution in [2.45, 2.75) is 25.4 Å². The first-order valence-corrected chi connectivity index (χ1v) is 4.76. The summed E-state index contributed by atoms with van der Waals surface area (Å²) in [6.07, 6.45) is 3.10. The van der Waals surface area contributed by atoms with Crippen LogP contribution in [0.15, 0.2) is 12.5 Å². The van der Waals surface area contributed by atoms with Gasteiger partial charge in [0.15, 0.2) is 0 Å². The molecule has 0 aromatic carbocycles. The third-order valence-corrected chi connectivity index (χ3v) is 2.01. The third-order valence-electron chi connectivity index (χ3n) is 2.01. The van der Waals surface area contributed by atoms with Crippen molar-refractivity contribution in [1.82, 2.24) is 15.3 Å². The minimum absolute atomic E-state index is 0.147. The van der Waals surface area contributed by atoms with Gasteiger partial charge in [0.05, 0.1) is 12.4 Å². The zero-order chi connectivity index (χ0) is 12.1. The summed E-state index contributed by atoms with van der Waals surface area (Å²) >= 11 is 0. The van der Waals surface area contributed by atoms with E-state index in [0.29, 0.717) is 5.69 Å². The Balaban J connectivity index is 2.62. The molecule has 1 unspecified atom stereocenters. The molecule has 0 fully saturated rings. The van der Waals surface area contributed by atoms with Crippen molar-refractivity contribution in [3.63, 3.8) is 0 Å². The van der Waals surface area contributed by atoms with Crippen LogP contribution in [-0.4, -0.2) is 39.0 Å². The van der Waals surface area contributed by atoms with Gasteiger partial charge in [-0.3, -0.25) is 4.79 Å². The number of carboxylic acids is 1. The van der Waals surface area contributed by atoms with Crippen LogP contribution in [0.2, 0.25) is 0 Å². The van der Waals surface area contributed by atoms with Gasteiger partial charge in [0.1, 0.15) is 6.04 Å². The monoisotopic (exact) mass is 226 g/mol. The average molecular weight is 226 g/mol. The van der Waals surface area contributed by atoms with Gasteiger partial charge in [0, 0.05) is 18.3 Å². The first kappa shape index (κ1) is 12.2. The Bertz CT molecular complexity index is 361. The molecule has 0 radical (unpaired) electrons. The van der Waals surface area contributed by atoms with Crippen molar-refractivity contribution in [2.24, 2.45) is 5.73 Å². The number of nitrogens with two attached hydrogens (primary N) is 1. The molecule has 7 nitrogen and oxygen atoms in total. The topological polar surface area (TPSA) is 121 Å². The highest BCUT2D eigenvalue weighted by atomic mass is 16.4. The fraction of sp³-hybridized carbons (Fsp3) is 0.444. The van der Waals surface area contributed by atoms with Gasteiger partial charge in [-0.1, -0.05) is 0 Å². The molecule has 0 aliphatic rings. The molecule has 0 bridgehead atoms. The molecule has 2 atom stereocenters. The molecule has 0 saturated carbocycles. The van der Waals surface area contributed by atoms with Crippen LogP contribution in [0.5, 0.6) is 0 Å². The molecule has 0 aliphatic heterocycles. The molecular formula is C9H14N4O3. The van der Waals surface area contributed by atoms with E-state index in [1.54, 1.807) is 0 Å². The first-order valence-electron chi connectivity index (χ1n) is 4.76. The number of aromatic nitrogens is 2. The second-order valence-electron chi connectivity index (χ2n) is 3.47. The van der Waals surface area contributed by atoms with E-state index in [9.17, 15) is 9.59 Å². The van der Waals surface area contributed by atoms with Crippen LogP contribution in [0, 0.1) is 0 Å². The molecule has 5 N–H and O–H groups in total. The Morgan fingerprint density at radius 2 is 2.38 bits per heavy atom. The number of rotatable bonds is 5. The van der Waals surface area contributed by atoms with Gasteiger partial charge < -0.3 is 21.1 Å². The number of nitrogens with one attached hydrogen (secondary N) is 2. The Hall–Kier alpha value is -1.89. The summed E-state index contributed by atoms with van der Waals surface area (Å²) in [5.74, 6) is -1.60. The highest BCUT2D eigenvalue weighted by Crippen LogP contribution is 1.99. The summed E-state index contributed by atoms with van der Waals surface area (Å²) in [7, 11) is 0. The number of amides is 1. The third kappa shape index (κ3) is 3.35. The maximum atomic E-state index is 11.3. The van der Waals surface area contributed by atoms with Gasteiger partial charge >= 0.3 is 5.97 Å². The lowest BCUT2D eigenvalue weighted by Crippen LogP contribution is -2.48. The molecule has 1 aromatic heterocycles. The van der Waals surface area contributed by atoms with E-state index in [1.165, 1.54) is 19.4 Å². The minimum atomic E-state index is -1.11. The van der Waals surface area contributed by atoms with E-state index < -0.39 is 24.0 Å². The van der Waals surface area contributed by atoms with E-state index in [0.717, 1.165) is 0 Å². The number of carbonyl (C=O) groups excluding carboxylic acids is 1. The molecule has 0 spiro atoms. The SMILES string of the molecule is C[C@@H](N)C(=O)NC(Cc1cnc[nH]1)C(=O)O. The maximum absolute atomic E-state index is 11.3. The Morgan fingerprint density at radius 3 is 2.81 bits per heavy atom. The van der Waals surface area contributed by atoms with Crippen molar-refractivity contribution in [3.8, 4) is 0 Å². The Kier molecular flexibility index (Phi) is 4.01. The summed E-state index contributed by atoms with van der Waals surface area (Å²) < 4.78 is 0. The van der Waals surface area contributed by atoms with Crippen molar-refractivity contribution in [1.29, 1.82) is 0 Å². The first-order chi connectivity index (χ1) is 7.50. The fourth-order valence-corrected chi connectivity index (χ4v) is 1.12. The van der Waals surface area contributed by atoms with Crippen LogP contribution >= 0.6 is 0 Å². The smallest absolute Gasteiger partial charge is 0.326 e. The highest BCUT2D eigenvalue weighted by Gasteiger charge is 2.22. The number of nitrogens with zero attached hydrogens (tertiary/aromatic N) is 1. The quantitative estimate of drug-likeness (QED) is 0.506. The predicted octanol–water partition coefficient (Wildman–Crippen LogP) is -1.13. The van der Waals surface area contributed by atoms with Gasteiger partial charge in [-0.15, -0.1) is 0 Å². The number of hydrogen-bond donors (Lipinski definition) is 4. The number of carbonyl (C=O) groups is 2. The van der Waals surface area contributed by atoms with E-state index in [2.05, 4.69) is 15.3 Å². The molecule has 7 heteroatoms. The molecule has 0 aliphatic carbocycles. The Morgan fingerprint density at radius 1 is 1.69 bits per heavy atom. The van der Waals surface area contributed by atoms with Crippen molar-refractivity contribution in [2.75, 3.05) is 0 Å². The zero-order valence-electron chi connectivity index (χ0n) is 8.80. The minimum Gasteiger partial charge on any atom is -0.480 e. The number of hydrogen-bond acceptors (Lipinski definition) is 4. The van der Waals surface area contributed by atoms with E-state index in [1.807, 2.05) is 0 Å². The summed E-state index contributed by atoms with van der Waals surface area (Å²) in [4.78, 5) is 28.7. The van der Waals surface area contributed by atoms with Crippen molar-refractivity contribution in [3.05, 3.63) is 18.2 Å². The summed E-state index contributed by atoms with van der Waals surface area (Å²) in [5.41, 5.74) is 5.97. The predicted molar refractivity (Wildman–Crippen MR) is 55.5 cm³/mol. The van der Waals surface area contributed by atoms with Crippen LogP contribution in [0.25, 0.3) is 0 Å². The molecule has 88 valence electrons. The molecule has 0 saturated heterocycles. The number of carboxylic acid groups (broad SMARTS) is 1. The number of aliphatic carboxylic acids is 1. The fourth-order valence-electron chi connectivity index (χ4n) is 1.12. The van der Waals surface area contributed by atoms with Crippen LogP contribution < -0.4 is 11.1 Å². The molecule has 1 heterocycles. The van der Waals surface area contributed by atoms with E-state index >= 15 is 0 Å². The lowest BCUT2D eigenvalue weighted by Gasteiger charge is -2.15. The highest BCUT2D eigenvalue weighted by molar-refractivity contribution is 5.86. The van der Waals surface area contributed by atoms with Crippen LogP contribution in [-0.2, 0) is 16.0 Å². The lowest BCUT2D eigenvalue weighted by atomic mass is 10.1. The standard InChI is InChI=1S/C9H14N4O3/c1-5(10)8(14)13-7(9(15)16)2-6-3-11-4-12-6/h3-5,7H,2,10H2,1H3,(H,11,12)(H,13,14)(H,15,16)/t5-,7?/m1/s1. The number of aromatic amines is 1. The summed E-state index contributed by atoms with van der Waals surface area (Å²) in [6, 6.07) is -1.73. The van der Waals surface area contributed by atoms with E-state index in [-0.39, 0.29) is 6.42 Å². The number of imidazole rings is 1. The Labute approximate surface area is 92.1 Å². The normalized spacial score (nSPS) is 14.1. The van der Waals surface area contributed by atoms with Gasteiger partial charge in [-0.25, -0.2) is 9.78 Å². The van der Waals surface area contributed by atoms with Gasteiger partial charge in [0.25, 0.3) is 0 Å². The second-order valence-corrected chi connectivity index (χ2v) is 3.47. The molecule has 1 aromatic rings. The molecule has 16 heavy (non-hydrogen) atoms. The summed E-state index contributed by atoms with van der Waals surface area (Å²) in [5, 5.41) is 11.3. The van der Waals surface area contributed by atoms with Gasteiger partial charge in [0.2, 0.25) is 5.91 Å². The summed E-state index contributed by atoms with van der Waals surface area (Å²) in [6.45, 7) is 1.49. The second kappa shape index (κ2) is 5.26. The van der Waals surface area contributed by atoms with Crippen LogP contribution in [0.3, 0.4) is 0 Å². The molecule has 1 amide bonds. The lowest BCUT2D eigenvalue weighted by molar-refractivity contribution is -0.141. The molecule has 1 rings (SSSR count). The van der Waals surface area contributed by atoms with E-state index in [4.69, 9.17) is 10.8 Å². The molecular weight excluding hydrogens is 212 g/mol. The zero-order valence-corrected chi connectivity index (χ0v) is 8.80. The maximum Gasteiger partial charge on any atom is 0.326 e. The average Bonchev–Trinajstić information content (AvgIpc) is 2.68. The van der Waals surface area contributed by atoms with Crippen molar-refractivity contribution < 1.29 is 14.7 Å². The van der Waals surface area contributed by atoms with Gasteiger partial charge in [-0.05, 0) is 6.92 Å². The van der Waals surface area contributed by atoms with Crippen LogP contribution in [0.4, 0.5) is 0 Å². The van der Waals surface area contributed by atoms with Gasteiger partial charge in [-0.2, -0.15) is 0 Å². The van der Waals surface area contributed by atoms with Crippen LogP contribution in [0.1, 0.15) is 12.6 Å². The largest absolute Gasteiger partial charge is 0.480 e. The van der Waals surface area contributed by atoms with Crippen molar-refractivity contribution >= 4 is 11.9 Å².